The summed E-state index contributed by atoms with van der Waals surface area (Å²) >= 11 is 0. The fraction of sp³-hybridized carbons (Fsp3) is 0.185. The van der Waals surface area contributed by atoms with E-state index in [9.17, 15) is 8.42 Å². The van der Waals surface area contributed by atoms with Gasteiger partial charge in [0.05, 0.1) is 30.7 Å². The van der Waals surface area contributed by atoms with E-state index < -0.39 is 10.0 Å². The highest BCUT2D eigenvalue weighted by molar-refractivity contribution is 7.92. The number of rotatable bonds is 8. The lowest BCUT2D eigenvalue weighted by Crippen LogP contribution is -2.16. The van der Waals surface area contributed by atoms with E-state index in [2.05, 4.69) is 4.72 Å². The van der Waals surface area contributed by atoms with E-state index in [1.807, 2.05) is 56.3 Å². The van der Waals surface area contributed by atoms with Gasteiger partial charge < -0.3 is 13.9 Å². The van der Waals surface area contributed by atoms with Crippen LogP contribution in [0.3, 0.4) is 0 Å². The molecule has 0 amide bonds. The molecule has 0 aliphatic rings. The van der Waals surface area contributed by atoms with Crippen LogP contribution in [0.4, 0.5) is 5.69 Å². The fourth-order valence-electron chi connectivity index (χ4n) is 3.89. The maximum atomic E-state index is 13.3. The summed E-state index contributed by atoms with van der Waals surface area (Å²) in [5.41, 5.74) is 2.97. The summed E-state index contributed by atoms with van der Waals surface area (Å²) in [7, 11) is -0.805. The Hall–Kier alpha value is -3.71. The van der Waals surface area contributed by atoms with Crippen LogP contribution < -0.4 is 14.2 Å². The molecule has 1 aromatic heterocycles. The third-order valence-corrected chi connectivity index (χ3v) is 7.00. The normalized spacial score (nSPS) is 12.2. The van der Waals surface area contributed by atoms with Gasteiger partial charge in [0.25, 0.3) is 10.0 Å². The second-order valence-corrected chi connectivity index (χ2v) is 9.69. The van der Waals surface area contributed by atoms with Crippen molar-refractivity contribution in [1.29, 1.82) is 0 Å². The van der Waals surface area contributed by atoms with Crippen molar-refractivity contribution in [2.24, 2.45) is 0 Å². The number of ether oxygens (including phenoxy) is 2. The fourth-order valence-corrected chi connectivity index (χ4v) is 4.97. The van der Waals surface area contributed by atoms with Gasteiger partial charge in [-0.05, 0) is 55.3 Å². The Morgan fingerprint density at radius 3 is 2.06 bits per heavy atom. The van der Waals surface area contributed by atoms with Crippen LogP contribution >= 0.6 is 0 Å². The van der Waals surface area contributed by atoms with Crippen LogP contribution in [0, 0.1) is 13.8 Å². The second kappa shape index (κ2) is 9.65. The summed E-state index contributed by atoms with van der Waals surface area (Å²) in [6.07, 6.45) is 0. The molecule has 0 radical (unpaired) electrons. The molecule has 176 valence electrons. The largest absolute Gasteiger partial charge is 0.493 e. The second-order valence-electron chi connectivity index (χ2n) is 8.01. The zero-order valence-corrected chi connectivity index (χ0v) is 20.3. The maximum absolute atomic E-state index is 13.3. The zero-order valence-electron chi connectivity index (χ0n) is 19.5. The molecule has 0 unspecified atom stereocenters. The van der Waals surface area contributed by atoms with Gasteiger partial charge in [-0.3, -0.25) is 4.72 Å². The Morgan fingerprint density at radius 1 is 0.824 bits per heavy atom. The summed E-state index contributed by atoms with van der Waals surface area (Å²) in [6, 6.07) is 23.7. The monoisotopic (exact) mass is 477 g/mol. The van der Waals surface area contributed by atoms with Crippen molar-refractivity contribution in [3.05, 3.63) is 107 Å². The minimum absolute atomic E-state index is 0.170. The minimum atomic E-state index is -3.87. The van der Waals surface area contributed by atoms with Gasteiger partial charge in [0, 0.05) is 6.07 Å². The van der Waals surface area contributed by atoms with Crippen LogP contribution in [0.5, 0.6) is 11.5 Å². The number of sulfonamides is 1. The topological polar surface area (TPSA) is 77.8 Å². The SMILES string of the molecule is COc1cc(NS(=O)(=O)c2ccc(C)cc2)c([C@@H](c2ccccc2)c2ccc(C)o2)cc1OC. The highest BCUT2D eigenvalue weighted by Gasteiger charge is 2.27. The molecule has 3 aromatic carbocycles. The number of furan rings is 1. The Kier molecular flexibility index (Phi) is 6.65. The molecule has 0 fully saturated rings. The number of anilines is 1. The number of hydrogen-bond donors (Lipinski definition) is 1. The predicted octanol–water partition coefficient (Wildman–Crippen LogP) is 5.89. The quantitative estimate of drug-likeness (QED) is 0.342. The van der Waals surface area contributed by atoms with Crippen LogP contribution in [-0.2, 0) is 10.0 Å². The molecule has 0 saturated carbocycles. The van der Waals surface area contributed by atoms with Crippen LogP contribution in [-0.4, -0.2) is 22.6 Å². The highest BCUT2D eigenvalue weighted by Crippen LogP contribution is 2.43. The molecule has 6 nitrogen and oxygen atoms in total. The molecule has 4 rings (SSSR count). The van der Waals surface area contributed by atoms with E-state index in [1.54, 1.807) is 43.5 Å². The predicted molar refractivity (Wildman–Crippen MR) is 132 cm³/mol. The first-order chi connectivity index (χ1) is 16.3. The summed E-state index contributed by atoms with van der Waals surface area (Å²) in [5, 5.41) is 0. The molecule has 4 aromatic rings. The van der Waals surface area contributed by atoms with Crippen LogP contribution in [0.25, 0.3) is 0 Å². The standard InChI is InChI=1S/C27H27NO5S/c1-18-10-13-21(14-11-18)34(29,30)28-23-17-26(32-4)25(31-3)16-22(23)27(20-8-6-5-7-9-20)24-15-12-19(2)33-24/h5-17,27-28H,1-4H3/t27-/m1/s1. The molecule has 1 heterocycles. The smallest absolute Gasteiger partial charge is 0.261 e. The summed E-state index contributed by atoms with van der Waals surface area (Å²) in [6.45, 7) is 3.78. The van der Waals surface area contributed by atoms with Crippen LogP contribution in [0.1, 0.15) is 34.1 Å². The highest BCUT2D eigenvalue weighted by atomic mass is 32.2. The van der Waals surface area contributed by atoms with Crippen molar-refractivity contribution in [1.82, 2.24) is 0 Å². The van der Waals surface area contributed by atoms with E-state index in [0.717, 1.165) is 16.9 Å². The van der Waals surface area contributed by atoms with Gasteiger partial charge in [-0.25, -0.2) is 8.42 Å². The average Bonchev–Trinajstić information content (AvgIpc) is 3.26. The molecule has 0 aliphatic heterocycles. The molecule has 34 heavy (non-hydrogen) atoms. The summed E-state index contributed by atoms with van der Waals surface area (Å²) in [4.78, 5) is 0.170. The van der Waals surface area contributed by atoms with Gasteiger partial charge in [0.15, 0.2) is 11.5 Å². The molecular formula is C27H27NO5S. The Morgan fingerprint density at radius 2 is 1.47 bits per heavy atom. The molecule has 1 atom stereocenters. The third-order valence-electron chi connectivity index (χ3n) is 5.62. The number of methoxy groups -OCH3 is 2. The van der Waals surface area contributed by atoms with Crippen LogP contribution in [0.15, 0.2) is 88.2 Å². The van der Waals surface area contributed by atoms with Gasteiger partial charge >= 0.3 is 0 Å². The first-order valence-electron chi connectivity index (χ1n) is 10.8. The van der Waals surface area contributed by atoms with Crippen molar-refractivity contribution in [2.75, 3.05) is 18.9 Å². The van der Waals surface area contributed by atoms with E-state index in [4.69, 9.17) is 13.9 Å². The van der Waals surface area contributed by atoms with Crippen molar-refractivity contribution in [2.45, 2.75) is 24.7 Å². The molecule has 0 aliphatic carbocycles. The van der Waals surface area contributed by atoms with E-state index in [0.29, 0.717) is 28.5 Å². The van der Waals surface area contributed by atoms with Crippen molar-refractivity contribution < 1.29 is 22.3 Å². The van der Waals surface area contributed by atoms with E-state index in [-0.39, 0.29) is 10.8 Å². The molecule has 1 N–H and O–H groups in total. The van der Waals surface area contributed by atoms with Gasteiger partial charge in [-0.2, -0.15) is 0 Å². The number of hydrogen-bond acceptors (Lipinski definition) is 5. The van der Waals surface area contributed by atoms with Crippen molar-refractivity contribution in [3.8, 4) is 11.5 Å². The Balaban J connectivity index is 1.92. The van der Waals surface area contributed by atoms with Gasteiger partial charge in [-0.15, -0.1) is 0 Å². The lowest BCUT2D eigenvalue weighted by Gasteiger charge is -2.22. The average molecular weight is 478 g/mol. The van der Waals surface area contributed by atoms with Gasteiger partial charge in [0.1, 0.15) is 11.5 Å². The Labute approximate surface area is 200 Å². The summed E-state index contributed by atoms with van der Waals surface area (Å²) in [5.74, 6) is 1.96. The molecule has 0 bridgehead atoms. The van der Waals surface area contributed by atoms with E-state index in [1.165, 1.54) is 7.11 Å². The first kappa shape index (κ1) is 23.4. The summed E-state index contributed by atoms with van der Waals surface area (Å²) < 4.78 is 46.4. The lowest BCUT2D eigenvalue weighted by atomic mass is 9.88. The van der Waals surface area contributed by atoms with Crippen molar-refractivity contribution in [3.63, 3.8) is 0 Å². The zero-order chi connectivity index (χ0) is 24.3. The molecule has 0 saturated heterocycles. The van der Waals surface area contributed by atoms with Crippen molar-refractivity contribution >= 4 is 15.7 Å². The molecule has 7 heteroatoms. The molecular weight excluding hydrogens is 450 g/mol. The van der Waals surface area contributed by atoms with E-state index >= 15 is 0 Å². The minimum Gasteiger partial charge on any atom is -0.493 e. The van der Waals surface area contributed by atoms with Crippen LogP contribution in [0.2, 0.25) is 0 Å². The number of nitrogens with one attached hydrogen (secondary N) is 1. The Bertz CT molecular complexity index is 1380. The van der Waals surface area contributed by atoms with Gasteiger partial charge in [0.2, 0.25) is 0 Å². The first-order valence-corrected chi connectivity index (χ1v) is 12.3. The molecule has 0 spiro atoms. The third kappa shape index (κ3) is 4.79. The van der Waals surface area contributed by atoms with Gasteiger partial charge in [-0.1, -0.05) is 48.0 Å². The number of benzene rings is 3. The maximum Gasteiger partial charge on any atom is 0.261 e. The lowest BCUT2D eigenvalue weighted by molar-refractivity contribution is 0.354. The number of aryl methyl sites for hydroxylation is 2.